The van der Waals surface area contributed by atoms with E-state index in [-0.39, 0.29) is 5.66 Å². The molecular weight excluding hydrogens is 232 g/mol. The highest BCUT2D eigenvalue weighted by atomic mass is 35.5. The van der Waals surface area contributed by atoms with E-state index in [2.05, 4.69) is 24.0 Å². The van der Waals surface area contributed by atoms with Crippen molar-refractivity contribution in [2.75, 3.05) is 13.1 Å². The Hall–Kier alpha value is -0.570. The van der Waals surface area contributed by atoms with Crippen molar-refractivity contribution < 1.29 is 0 Å². The van der Waals surface area contributed by atoms with Crippen molar-refractivity contribution in [2.24, 2.45) is 5.73 Å². The molecule has 1 aliphatic rings. The Morgan fingerprint density at radius 2 is 1.76 bits per heavy atom. The van der Waals surface area contributed by atoms with E-state index in [0.29, 0.717) is 0 Å². The van der Waals surface area contributed by atoms with Crippen LogP contribution in [0.5, 0.6) is 0 Å². The van der Waals surface area contributed by atoms with Crippen LogP contribution in [-0.4, -0.2) is 23.7 Å². The molecule has 1 atom stereocenters. The largest absolute Gasteiger partial charge is 0.313 e. The van der Waals surface area contributed by atoms with E-state index < -0.39 is 0 Å². The molecule has 94 valence electrons. The average molecular weight is 253 g/mol. The summed E-state index contributed by atoms with van der Waals surface area (Å²) in [6, 6.07) is 8.00. The van der Waals surface area contributed by atoms with E-state index >= 15 is 0 Å². The predicted molar refractivity (Wildman–Crippen MR) is 73.2 cm³/mol. The first-order chi connectivity index (χ1) is 8.08. The maximum Gasteiger partial charge on any atom is 0.0699 e. The average Bonchev–Trinajstić information content (AvgIpc) is 2.33. The fourth-order valence-corrected chi connectivity index (χ4v) is 2.66. The zero-order valence-corrected chi connectivity index (χ0v) is 11.2. The van der Waals surface area contributed by atoms with Gasteiger partial charge in [-0.1, -0.05) is 30.2 Å². The lowest BCUT2D eigenvalue weighted by molar-refractivity contribution is 0.0856. The van der Waals surface area contributed by atoms with Crippen LogP contribution in [0.15, 0.2) is 24.3 Å². The van der Waals surface area contributed by atoms with Crippen molar-refractivity contribution in [1.82, 2.24) is 4.90 Å². The van der Waals surface area contributed by atoms with Gasteiger partial charge in [0, 0.05) is 11.4 Å². The van der Waals surface area contributed by atoms with E-state index in [9.17, 15) is 0 Å². The molecule has 0 bridgehead atoms. The molecule has 2 N–H and O–H groups in total. The molecule has 1 saturated heterocycles. The second kappa shape index (κ2) is 5.38. The summed E-state index contributed by atoms with van der Waals surface area (Å²) in [6.07, 6.45) is 4.76. The molecule has 0 radical (unpaired) electrons. The number of likely N-dealkylation sites (tertiary alicyclic amines) is 1. The quantitative estimate of drug-likeness (QED) is 0.896. The van der Waals surface area contributed by atoms with Crippen LogP contribution in [-0.2, 0) is 6.42 Å². The second-order valence-corrected chi connectivity index (χ2v) is 5.64. The van der Waals surface area contributed by atoms with Crippen LogP contribution in [0.3, 0.4) is 0 Å². The van der Waals surface area contributed by atoms with Gasteiger partial charge in [0.2, 0.25) is 0 Å². The second-order valence-electron chi connectivity index (χ2n) is 5.21. The Kier molecular flexibility index (Phi) is 4.08. The number of hydrogen-bond acceptors (Lipinski definition) is 2. The van der Waals surface area contributed by atoms with Crippen molar-refractivity contribution in [3.05, 3.63) is 34.9 Å². The van der Waals surface area contributed by atoms with Gasteiger partial charge in [-0.2, -0.15) is 0 Å². The lowest BCUT2D eigenvalue weighted by Crippen LogP contribution is -2.56. The molecule has 1 unspecified atom stereocenters. The van der Waals surface area contributed by atoms with E-state index in [0.717, 1.165) is 24.5 Å². The molecule has 17 heavy (non-hydrogen) atoms. The van der Waals surface area contributed by atoms with Crippen molar-refractivity contribution >= 4 is 11.6 Å². The van der Waals surface area contributed by atoms with Gasteiger partial charge in [-0.3, -0.25) is 4.90 Å². The lowest BCUT2D eigenvalue weighted by atomic mass is 9.98. The summed E-state index contributed by atoms with van der Waals surface area (Å²) in [5.41, 5.74) is 7.47. The van der Waals surface area contributed by atoms with E-state index in [1.54, 1.807) is 0 Å². The first-order valence-electron chi connectivity index (χ1n) is 6.36. The first-order valence-corrected chi connectivity index (χ1v) is 6.74. The minimum Gasteiger partial charge on any atom is -0.313 e. The van der Waals surface area contributed by atoms with Gasteiger partial charge >= 0.3 is 0 Å². The Bertz CT molecular complexity index is 353. The molecule has 0 aliphatic carbocycles. The number of hydrogen-bond donors (Lipinski definition) is 1. The highest BCUT2D eigenvalue weighted by Gasteiger charge is 2.28. The highest BCUT2D eigenvalue weighted by molar-refractivity contribution is 6.30. The summed E-state index contributed by atoms with van der Waals surface area (Å²) in [5, 5.41) is 0.783. The molecule has 1 aliphatic heterocycles. The van der Waals surface area contributed by atoms with Gasteiger partial charge in [0.1, 0.15) is 0 Å². The van der Waals surface area contributed by atoms with Crippen LogP contribution in [0.25, 0.3) is 0 Å². The molecule has 1 aromatic rings. The Balaban J connectivity index is 2.02. The zero-order valence-electron chi connectivity index (χ0n) is 10.5. The lowest BCUT2D eigenvalue weighted by Gasteiger charge is -2.40. The molecular formula is C14H21ClN2. The van der Waals surface area contributed by atoms with Gasteiger partial charge in [0.25, 0.3) is 0 Å². The fourth-order valence-electron chi connectivity index (χ4n) is 2.53. The first kappa shape index (κ1) is 12.9. The topological polar surface area (TPSA) is 29.3 Å². The molecule has 2 nitrogen and oxygen atoms in total. The van der Waals surface area contributed by atoms with Crippen LogP contribution in [0.4, 0.5) is 0 Å². The number of nitrogens with zero attached hydrogens (tertiary/aromatic N) is 1. The summed E-state index contributed by atoms with van der Waals surface area (Å²) >= 11 is 5.89. The predicted octanol–water partition coefficient (Wildman–Crippen LogP) is 3.04. The van der Waals surface area contributed by atoms with Crippen LogP contribution < -0.4 is 5.73 Å². The van der Waals surface area contributed by atoms with Gasteiger partial charge in [0.05, 0.1) is 5.66 Å². The number of halogens is 1. The van der Waals surface area contributed by atoms with Crippen LogP contribution >= 0.6 is 11.6 Å². The summed E-state index contributed by atoms with van der Waals surface area (Å²) in [5.74, 6) is 0. The molecule has 1 heterocycles. The van der Waals surface area contributed by atoms with Gasteiger partial charge in [-0.05, 0) is 50.6 Å². The number of benzene rings is 1. The number of nitrogens with two attached hydrogens (primary N) is 1. The van der Waals surface area contributed by atoms with E-state index in [1.807, 2.05) is 12.1 Å². The van der Waals surface area contributed by atoms with Crippen LogP contribution in [0, 0.1) is 0 Å². The van der Waals surface area contributed by atoms with E-state index in [1.165, 1.54) is 24.8 Å². The van der Waals surface area contributed by atoms with Gasteiger partial charge in [-0.25, -0.2) is 0 Å². The van der Waals surface area contributed by atoms with Crippen LogP contribution in [0.1, 0.15) is 31.7 Å². The normalized spacial score (nSPS) is 21.1. The smallest absolute Gasteiger partial charge is 0.0699 e. The fraction of sp³-hybridized carbons (Fsp3) is 0.571. The Morgan fingerprint density at radius 1 is 1.18 bits per heavy atom. The third-order valence-corrected chi connectivity index (χ3v) is 3.81. The number of rotatable bonds is 3. The standard InChI is InChI=1S/C14H21ClN2/c1-14(16,17-9-3-2-4-10-17)11-12-5-7-13(15)8-6-12/h5-8H,2-4,9-11,16H2,1H3. The Labute approximate surface area is 109 Å². The van der Waals surface area contributed by atoms with Gasteiger partial charge in [-0.15, -0.1) is 0 Å². The molecule has 0 amide bonds. The van der Waals surface area contributed by atoms with Gasteiger partial charge < -0.3 is 5.73 Å². The van der Waals surface area contributed by atoms with Crippen molar-refractivity contribution in [3.8, 4) is 0 Å². The molecule has 1 aromatic carbocycles. The SMILES string of the molecule is CC(N)(Cc1ccc(Cl)cc1)N1CCCCC1. The minimum atomic E-state index is -0.242. The van der Waals surface area contributed by atoms with E-state index in [4.69, 9.17) is 17.3 Å². The third kappa shape index (κ3) is 3.44. The zero-order chi connectivity index (χ0) is 12.3. The molecule has 2 rings (SSSR count). The van der Waals surface area contributed by atoms with Crippen molar-refractivity contribution in [3.63, 3.8) is 0 Å². The third-order valence-electron chi connectivity index (χ3n) is 3.55. The summed E-state index contributed by atoms with van der Waals surface area (Å²) in [7, 11) is 0. The molecule has 0 saturated carbocycles. The minimum absolute atomic E-state index is 0.242. The maximum absolute atomic E-state index is 6.45. The summed E-state index contributed by atoms with van der Waals surface area (Å²) < 4.78 is 0. The molecule has 3 heteroatoms. The molecule has 0 spiro atoms. The monoisotopic (exact) mass is 252 g/mol. The van der Waals surface area contributed by atoms with Crippen molar-refractivity contribution in [2.45, 2.75) is 38.3 Å². The summed E-state index contributed by atoms with van der Waals surface area (Å²) in [6.45, 7) is 4.38. The molecule has 0 aromatic heterocycles. The van der Waals surface area contributed by atoms with Gasteiger partial charge in [0.15, 0.2) is 0 Å². The number of piperidine rings is 1. The molecule has 1 fully saturated rings. The highest BCUT2D eigenvalue weighted by Crippen LogP contribution is 2.21. The summed E-state index contributed by atoms with van der Waals surface area (Å²) in [4.78, 5) is 2.41. The Morgan fingerprint density at radius 3 is 2.35 bits per heavy atom. The maximum atomic E-state index is 6.45. The van der Waals surface area contributed by atoms with Crippen LogP contribution in [0.2, 0.25) is 5.02 Å². The van der Waals surface area contributed by atoms with Crippen molar-refractivity contribution in [1.29, 1.82) is 0 Å².